The van der Waals surface area contributed by atoms with Crippen LogP contribution in [0, 0.1) is 0 Å². The Labute approximate surface area is 298 Å². The van der Waals surface area contributed by atoms with Crippen LogP contribution in [0.3, 0.4) is 0 Å². The van der Waals surface area contributed by atoms with Gasteiger partial charge < -0.3 is 23.7 Å². The molecule has 0 saturated carbocycles. The highest BCUT2D eigenvalue weighted by Gasteiger charge is 2.14. The third-order valence-electron chi connectivity index (χ3n) is 7.86. The highest BCUT2D eigenvalue weighted by atomic mass is 32.3. The second-order valence-corrected chi connectivity index (χ2v) is 14.7. The normalized spacial score (nSPS) is 13.6. The first kappa shape index (κ1) is 48.5. The third-order valence-corrected chi connectivity index (χ3v) is 8.79. The summed E-state index contributed by atoms with van der Waals surface area (Å²) in [5, 5.41) is 0. The molecule has 0 radical (unpaired) electrons. The first-order valence-electron chi connectivity index (χ1n) is 18.8. The van der Waals surface area contributed by atoms with Gasteiger partial charge in [-0.25, -0.2) is 8.37 Å². The second kappa shape index (κ2) is 34.6. The van der Waals surface area contributed by atoms with Crippen molar-refractivity contribution >= 4 is 20.8 Å². The van der Waals surface area contributed by atoms with E-state index in [0.29, 0.717) is 52.5 Å². The summed E-state index contributed by atoms with van der Waals surface area (Å²) in [4.78, 5) is 0. The van der Waals surface area contributed by atoms with Crippen LogP contribution in [0.4, 0.5) is 0 Å². The molecule has 0 amide bonds. The molecule has 0 aromatic carbocycles. The monoisotopic (exact) mass is 750 g/mol. The molecule has 0 aliphatic rings. The lowest BCUT2D eigenvalue weighted by Gasteiger charge is -2.22. The first-order chi connectivity index (χ1) is 23.6. The largest absolute Gasteiger partial charge is 0.397 e. The van der Waals surface area contributed by atoms with E-state index in [1.807, 2.05) is 0 Å². The minimum Gasteiger partial charge on any atom is -0.379 e. The van der Waals surface area contributed by atoms with Crippen LogP contribution in [0.15, 0.2) is 0 Å². The van der Waals surface area contributed by atoms with Crippen LogP contribution in [-0.4, -0.2) is 104 Å². The molecule has 0 aliphatic carbocycles. The van der Waals surface area contributed by atoms with Crippen LogP contribution < -0.4 is 0 Å². The Kier molecular flexibility index (Phi) is 34.3. The van der Waals surface area contributed by atoms with Crippen LogP contribution >= 0.6 is 0 Å². The molecule has 0 aromatic rings. The topological polar surface area (TPSA) is 173 Å². The van der Waals surface area contributed by atoms with E-state index in [1.165, 1.54) is 77.0 Å². The van der Waals surface area contributed by atoms with Crippen LogP contribution in [0.2, 0.25) is 0 Å². The number of unbranched alkanes of at least 4 members (excludes halogenated alkanes) is 14. The van der Waals surface area contributed by atoms with Gasteiger partial charge >= 0.3 is 20.8 Å². The van der Waals surface area contributed by atoms with Crippen molar-refractivity contribution in [1.82, 2.24) is 0 Å². The second-order valence-electron chi connectivity index (χ2n) is 12.5. The van der Waals surface area contributed by atoms with Gasteiger partial charge in [-0.1, -0.05) is 117 Å². The molecule has 49 heavy (non-hydrogen) atoms. The number of rotatable bonds is 40. The molecule has 2 N–H and O–H groups in total. The van der Waals surface area contributed by atoms with Crippen molar-refractivity contribution in [3.8, 4) is 0 Å². The first-order valence-corrected chi connectivity index (χ1v) is 21.5. The molecule has 13 nitrogen and oxygen atoms in total. The smallest absolute Gasteiger partial charge is 0.379 e. The van der Waals surface area contributed by atoms with Gasteiger partial charge in [0.1, 0.15) is 0 Å². The average molecular weight is 751 g/mol. The summed E-state index contributed by atoms with van der Waals surface area (Å²) >= 11 is 0. The Morgan fingerprint density at radius 2 is 0.755 bits per heavy atom. The fourth-order valence-electron chi connectivity index (χ4n) is 5.17. The number of hydrogen-bond donors (Lipinski definition) is 2. The molecule has 0 aliphatic heterocycles. The summed E-state index contributed by atoms with van der Waals surface area (Å²) in [5.74, 6) is 0. The molecule has 0 saturated heterocycles. The van der Waals surface area contributed by atoms with E-state index >= 15 is 0 Å². The summed E-state index contributed by atoms with van der Waals surface area (Å²) in [7, 11) is -8.86. The fourth-order valence-corrected chi connectivity index (χ4v) is 5.83. The molecule has 2 atom stereocenters. The zero-order valence-corrected chi connectivity index (χ0v) is 32.2. The zero-order chi connectivity index (χ0) is 36.3. The zero-order valence-electron chi connectivity index (χ0n) is 30.6. The summed E-state index contributed by atoms with van der Waals surface area (Å²) in [6, 6.07) is 0. The molecular formula is C34H70O13S2. The van der Waals surface area contributed by atoms with Gasteiger partial charge in [0.2, 0.25) is 0 Å². The average Bonchev–Trinajstić information content (AvgIpc) is 3.04. The fraction of sp³-hybridized carbons (Fsp3) is 1.00. The molecule has 0 aromatic heterocycles. The van der Waals surface area contributed by atoms with Crippen molar-refractivity contribution in [2.24, 2.45) is 0 Å². The van der Waals surface area contributed by atoms with Crippen molar-refractivity contribution in [3.05, 3.63) is 0 Å². The maximum Gasteiger partial charge on any atom is 0.397 e. The van der Waals surface area contributed by atoms with Gasteiger partial charge in [-0.15, -0.1) is 0 Å². The highest BCUT2D eigenvalue weighted by molar-refractivity contribution is 7.81. The van der Waals surface area contributed by atoms with Crippen LogP contribution in [0.25, 0.3) is 0 Å². The Balaban J connectivity index is 4.68. The van der Waals surface area contributed by atoms with Crippen molar-refractivity contribution in [2.45, 2.75) is 154 Å². The minimum absolute atomic E-state index is 0.0800. The molecule has 0 heterocycles. The number of hydrogen-bond acceptors (Lipinski definition) is 11. The lowest BCUT2D eigenvalue weighted by atomic mass is 10.1. The summed E-state index contributed by atoms with van der Waals surface area (Å²) in [5.41, 5.74) is 0. The molecule has 0 fully saturated rings. The van der Waals surface area contributed by atoms with Crippen LogP contribution in [-0.2, 0) is 52.8 Å². The summed E-state index contributed by atoms with van der Waals surface area (Å²) in [6.07, 6.45) is 21.9. The van der Waals surface area contributed by atoms with E-state index in [0.717, 1.165) is 38.5 Å². The molecule has 2 unspecified atom stereocenters. The predicted molar refractivity (Wildman–Crippen MR) is 191 cm³/mol. The van der Waals surface area contributed by atoms with Gasteiger partial charge in [-0.2, -0.15) is 16.8 Å². The van der Waals surface area contributed by atoms with Gasteiger partial charge in [0.25, 0.3) is 0 Å². The molecule has 0 spiro atoms. The molecule has 15 heteroatoms. The van der Waals surface area contributed by atoms with E-state index in [4.69, 9.17) is 32.8 Å². The van der Waals surface area contributed by atoms with E-state index in [1.54, 1.807) is 0 Å². The molecule has 0 bridgehead atoms. The van der Waals surface area contributed by atoms with Crippen molar-refractivity contribution in [3.63, 3.8) is 0 Å². The Hall–Kier alpha value is -0.460. The van der Waals surface area contributed by atoms with E-state index < -0.39 is 20.8 Å². The lowest BCUT2D eigenvalue weighted by Crippen LogP contribution is -2.27. The van der Waals surface area contributed by atoms with Crippen LogP contribution in [0.5, 0.6) is 0 Å². The van der Waals surface area contributed by atoms with E-state index in [9.17, 15) is 16.8 Å². The van der Waals surface area contributed by atoms with E-state index in [-0.39, 0.29) is 38.6 Å². The van der Waals surface area contributed by atoms with Crippen molar-refractivity contribution < 1.29 is 58.0 Å². The third kappa shape index (κ3) is 40.2. The lowest BCUT2D eigenvalue weighted by molar-refractivity contribution is -0.0768. The Morgan fingerprint density at radius 3 is 1.10 bits per heavy atom. The minimum atomic E-state index is -4.43. The molecule has 296 valence electrons. The summed E-state index contributed by atoms with van der Waals surface area (Å²) < 4.78 is 97.8. The quantitative estimate of drug-likeness (QED) is 0.0473. The molecule has 0 rings (SSSR count). The Bertz CT molecular complexity index is 832. The van der Waals surface area contributed by atoms with Gasteiger partial charge in [-0.3, -0.25) is 9.11 Å². The summed E-state index contributed by atoms with van der Waals surface area (Å²) in [6.45, 7) is 7.11. The standard InChI is InChI=1S/C34H70O13S2/c1-3-5-7-9-11-13-15-17-21-33(44-29-27-41-23-19-25-46-48(35,36)37)31-43-32-34(22-18-16-14-12-10-8-6-4-2)45-30-28-42-24-20-26-47-49(38,39)40/h33-34H,3-32H2,1-2H3,(H,35,36,37)(H,38,39,40). The molecular weight excluding hydrogens is 680 g/mol. The van der Waals surface area contributed by atoms with Gasteiger partial charge in [0.15, 0.2) is 0 Å². The van der Waals surface area contributed by atoms with Gasteiger partial charge in [0.05, 0.1) is 65.1 Å². The maximum absolute atomic E-state index is 10.6. The van der Waals surface area contributed by atoms with E-state index in [2.05, 4.69) is 22.2 Å². The van der Waals surface area contributed by atoms with Gasteiger partial charge in [-0.05, 0) is 25.7 Å². The Morgan fingerprint density at radius 1 is 0.408 bits per heavy atom. The SMILES string of the molecule is CCCCCCCCCCC(COCC(CCCCCCCCCC)OCCOCCCOS(=O)(=O)O)OCCOCCCOS(=O)(=O)O. The van der Waals surface area contributed by atoms with Gasteiger partial charge in [0, 0.05) is 13.2 Å². The highest BCUT2D eigenvalue weighted by Crippen LogP contribution is 2.15. The number of ether oxygens (including phenoxy) is 5. The van der Waals surface area contributed by atoms with Crippen LogP contribution in [0.1, 0.15) is 142 Å². The predicted octanol–water partition coefficient (Wildman–Crippen LogP) is 7.29. The van der Waals surface area contributed by atoms with Crippen molar-refractivity contribution in [1.29, 1.82) is 0 Å². The van der Waals surface area contributed by atoms with Crippen molar-refractivity contribution in [2.75, 3.05) is 66.1 Å². The maximum atomic E-state index is 10.6.